The molecule has 100 valence electrons. The van der Waals surface area contributed by atoms with E-state index in [-0.39, 0.29) is 5.75 Å². The maximum absolute atomic E-state index is 9.20. The maximum Gasteiger partial charge on any atom is 0.120 e. The van der Waals surface area contributed by atoms with Crippen molar-refractivity contribution in [3.63, 3.8) is 0 Å². The molecule has 0 radical (unpaired) electrons. The molecule has 1 N–H and O–H groups in total. The summed E-state index contributed by atoms with van der Waals surface area (Å²) >= 11 is 0. The summed E-state index contributed by atoms with van der Waals surface area (Å²) in [5.74, 6) is 0.949. The van der Waals surface area contributed by atoms with Gasteiger partial charge in [-0.05, 0) is 36.4 Å². The summed E-state index contributed by atoms with van der Waals surface area (Å²) in [6.07, 6.45) is 3.73. The van der Waals surface area contributed by atoms with Crippen LogP contribution in [0.1, 0.15) is 5.56 Å². The van der Waals surface area contributed by atoms with E-state index in [0.29, 0.717) is 6.61 Å². The van der Waals surface area contributed by atoms with Gasteiger partial charge in [0, 0.05) is 11.8 Å². The number of rotatable bonds is 4. The highest BCUT2D eigenvalue weighted by Gasteiger charge is 2.02. The lowest BCUT2D eigenvalue weighted by atomic mass is 10.3. The average Bonchev–Trinajstić information content (AvgIpc) is 2.97. The van der Waals surface area contributed by atoms with Gasteiger partial charge < -0.3 is 9.84 Å². The topological polar surface area (TPSA) is 47.3 Å². The molecule has 0 atom stereocenters. The number of ether oxygens (including phenoxy) is 1. The van der Waals surface area contributed by atoms with Crippen LogP contribution in [0.15, 0.2) is 67.0 Å². The quantitative estimate of drug-likeness (QED) is 0.789. The van der Waals surface area contributed by atoms with Gasteiger partial charge in [-0.15, -0.1) is 0 Å². The fourth-order valence-corrected chi connectivity index (χ4v) is 1.87. The zero-order valence-electron chi connectivity index (χ0n) is 10.8. The van der Waals surface area contributed by atoms with Gasteiger partial charge in [0.15, 0.2) is 0 Å². The molecule has 0 aliphatic carbocycles. The van der Waals surface area contributed by atoms with E-state index >= 15 is 0 Å². The fourth-order valence-electron chi connectivity index (χ4n) is 1.87. The van der Waals surface area contributed by atoms with E-state index in [9.17, 15) is 5.11 Å². The predicted molar refractivity (Wildman–Crippen MR) is 76.0 cm³/mol. The highest BCUT2D eigenvalue weighted by molar-refractivity contribution is 5.32. The SMILES string of the molecule is Oc1ccc(OCc2cnn(-c3ccccc3)c2)cc1. The number of phenolic OH excluding ortho intramolecular Hbond substituents is 1. The molecule has 3 aromatic rings. The van der Waals surface area contributed by atoms with Gasteiger partial charge in [-0.1, -0.05) is 18.2 Å². The molecule has 0 fully saturated rings. The van der Waals surface area contributed by atoms with Crippen LogP contribution in [0.3, 0.4) is 0 Å². The predicted octanol–water partition coefficient (Wildman–Crippen LogP) is 3.16. The molecule has 4 nitrogen and oxygen atoms in total. The first-order valence-electron chi connectivity index (χ1n) is 6.32. The minimum Gasteiger partial charge on any atom is -0.508 e. The number of aromatic hydroxyl groups is 1. The fraction of sp³-hybridized carbons (Fsp3) is 0.0625. The van der Waals surface area contributed by atoms with Crippen molar-refractivity contribution in [3.8, 4) is 17.2 Å². The number of aromatic nitrogens is 2. The van der Waals surface area contributed by atoms with E-state index in [2.05, 4.69) is 5.10 Å². The van der Waals surface area contributed by atoms with Crippen molar-refractivity contribution in [2.75, 3.05) is 0 Å². The lowest BCUT2D eigenvalue weighted by molar-refractivity contribution is 0.305. The van der Waals surface area contributed by atoms with Gasteiger partial charge in [0.1, 0.15) is 18.1 Å². The molecule has 0 bridgehead atoms. The highest BCUT2D eigenvalue weighted by atomic mass is 16.5. The number of hydrogen-bond donors (Lipinski definition) is 1. The van der Waals surface area contributed by atoms with Crippen molar-refractivity contribution in [2.24, 2.45) is 0 Å². The van der Waals surface area contributed by atoms with Gasteiger partial charge in [0.25, 0.3) is 0 Å². The lowest BCUT2D eigenvalue weighted by Crippen LogP contribution is -1.95. The molecule has 20 heavy (non-hydrogen) atoms. The van der Waals surface area contributed by atoms with Crippen LogP contribution in [0.25, 0.3) is 5.69 Å². The van der Waals surface area contributed by atoms with Crippen LogP contribution < -0.4 is 4.74 Å². The van der Waals surface area contributed by atoms with Crippen molar-refractivity contribution >= 4 is 0 Å². The largest absolute Gasteiger partial charge is 0.508 e. The van der Waals surface area contributed by atoms with Crippen molar-refractivity contribution in [2.45, 2.75) is 6.61 Å². The van der Waals surface area contributed by atoms with Crippen molar-refractivity contribution < 1.29 is 9.84 Å². The van der Waals surface area contributed by atoms with Crippen LogP contribution in [0.4, 0.5) is 0 Å². The number of nitrogens with zero attached hydrogens (tertiary/aromatic N) is 2. The smallest absolute Gasteiger partial charge is 0.120 e. The molecule has 4 heteroatoms. The number of benzene rings is 2. The monoisotopic (exact) mass is 266 g/mol. The van der Waals surface area contributed by atoms with Gasteiger partial charge in [0.2, 0.25) is 0 Å². The van der Waals surface area contributed by atoms with Crippen molar-refractivity contribution in [1.82, 2.24) is 9.78 Å². The van der Waals surface area contributed by atoms with Crippen molar-refractivity contribution in [1.29, 1.82) is 0 Å². The molecule has 0 saturated heterocycles. The third-order valence-corrected chi connectivity index (χ3v) is 2.90. The summed E-state index contributed by atoms with van der Waals surface area (Å²) in [4.78, 5) is 0. The molecule has 0 amide bonds. The van der Waals surface area contributed by atoms with Crippen LogP contribution in [-0.4, -0.2) is 14.9 Å². The van der Waals surface area contributed by atoms with Crippen LogP contribution >= 0.6 is 0 Å². The Bertz CT molecular complexity index is 675. The Labute approximate surface area is 116 Å². The highest BCUT2D eigenvalue weighted by Crippen LogP contribution is 2.17. The first kappa shape index (κ1) is 12.3. The Morgan fingerprint density at radius 2 is 1.75 bits per heavy atom. The zero-order valence-corrected chi connectivity index (χ0v) is 10.8. The summed E-state index contributed by atoms with van der Waals surface area (Å²) < 4.78 is 7.45. The minimum absolute atomic E-state index is 0.231. The Morgan fingerprint density at radius 1 is 1.00 bits per heavy atom. The summed E-state index contributed by atoms with van der Waals surface area (Å²) in [6.45, 7) is 0.442. The molecule has 0 spiro atoms. The van der Waals surface area contributed by atoms with Crippen molar-refractivity contribution in [3.05, 3.63) is 72.6 Å². The second-order valence-electron chi connectivity index (χ2n) is 4.41. The number of hydrogen-bond acceptors (Lipinski definition) is 3. The van der Waals surface area contributed by atoms with Gasteiger partial charge in [-0.3, -0.25) is 0 Å². The van der Waals surface area contributed by atoms with E-state index in [1.165, 1.54) is 0 Å². The van der Waals surface area contributed by atoms with Gasteiger partial charge in [-0.2, -0.15) is 5.10 Å². The summed E-state index contributed by atoms with van der Waals surface area (Å²) in [7, 11) is 0. The Balaban J connectivity index is 1.67. The molecule has 0 unspecified atom stereocenters. The maximum atomic E-state index is 9.20. The van der Waals surface area contributed by atoms with E-state index < -0.39 is 0 Å². The standard InChI is InChI=1S/C16H14N2O2/c19-15-6-8-16(9-7-15)20-12-13-10-17-18(11-13)14-4-2-1-3-5-14/h1-11,19H,12H2. The van der Waals surface area contributed by atoms with Crippen LogP contribution in [0.5, 0.6) is 11.5 Å². The summed E-state index contributed by atoms with van der Waals surface area (Å²) in [6, 6.07) is 16.6. The molecule has 0 aliphatic rings. The van der Waals surface area contributed by atoms with Crippen LogP contribution in [0.2, 0.25) is 0 Å². The van der Waals surface area contributed by atoms with Gasteiger partial charge >= 0.3 is 0 Å². The van der Waals surface area contributed by atoms with E-state index in [0.717, 1.165) is 17.0 Å². The molecule has 0 saturated carbocycles. The second kappa shape index (κ2) is 5.48. The number of phenols is 1. The third-order valence-electron chi connectivity index (χ3n) is 2.90. The van der Waals surface area contributed by atoms with Gasteiger partial charge in [0.05, 0.1) is 11.9 Å². The van der Waals surface area contributed by atoms with Crippen LogP contribution in [0, 0.1) is 0 Å². The first-order chi connectivity index (χ1) is 9.81. The van der Waals surface area contributed by atoms with E-state index in [4.69, 9.17) is 4.74 Å². The minimum atomic E-state index is 0.231. The van der Waals surface area contributed by atoms with Gasteiger partial charge in [-0.25, -0.2) is 4.68 Å². The average molecular weight is 266 g/mol. The molecule has 3 rings (SSSR count). The molecular weight excluding hydrogens is 252 g/mol. The molecule has 1 aromatic heterocycles. The first-order valence-corrected chi connectivity index (χ1v) is 6.32. The Morgan fingerprint density at radius 3 is 2.50 bits per heavy atom. The second-order valence-corrected chi connectivity index (χ2v) is 4.41. The Kier molecular flexibility index (Phi) is 3.37. The van der Waals surface area contributed by atoms with E-state index in [1.807, 2.05) is 41.2 Å². The lowest BCUT2D eigenvalue weighted by Gasteiger charge is -2.04. The molecule has 1 heterocycles. The summed E-state index contributed by atoms with van der Waals surface area (Å²) in [5.41, 5.74) is 2.00. The number of para-hydroxylation sites is 1. The molecular formula is C16H14N2O2. The third kappa shape index (κ3) is 2.80. The van der Waals surface area contributed by atoms with Crippen LogP contribution in [-0.2, 0) is 6.61 Å². The Hall–Kier alpha value is -2.75. The zero-order chi connectivity index (χ0) is 13.8. The summed E-state index contributed by atoms with van der Waals surface area (Å²) in [5, 5.41) is 13.5. The molecule has 2 aromatic carbocycles. The van der Waals surface area contributed by atoms with E-state index in [1.54, 1.807) is 30.5 Å². The normalized spacial score (nSPS) is 10.4. The molecule has 0 aliphatic heterocycles.